The van der Waals surface area contributed by atoms with Crippen molar-refractivity contribution in [3.8, 4) is 0 Å². The molecule has 0 aliphatic heterocycles. The van der Waals surface area contributed by atoms with Crippen molar-refractivity contribution < 1.29 is 9.72 Å². The molecule has 0 aliphatic carbocycles. The maximum atomic E-state index is 12.0. The fourth-order valence-corrected chi connectivity index (χ4v) is 2.43. The van der Waals surface area contributed by atoms with Gasteiger partial charge in [0.2, 0.25) is 5.91 Å². The largest absolute Gasteiger partial charge is 0.361 e. The zero-order valence-corrected chi connectivity index (χ0v) is 12.6. The number of H-pyrrole nitrogens is 1. The minimum absolute atomic E-state index is 0.0628. The summed E-state index contributed by atoms with van der Waals surface area (Å²) in [5.41, 5.74) is 4.49. The number of nitrogens with one attached hydrogen (secondary N) is 2. The first-order valence-corrected chi connectivity index (χ1v) is 7.25. The van der Waals surface area contributed by atoms with E-state index in [0.717, 1.165) is 16.5 Å². The summed E-state index contributed by atoms with van der Waals surface area (Å²) in [5, 5.41) is 15.7. The Bertz CT molecular complexity index is 930. The average Bonchev–Trinajstić information content (AvgIpc) is 2.98. The predicted octanol–water partition coefficient (Wildman–Crippen LogP) is 2.77. The quantitative estimate of drug-likeness (QED) is 0.429. The second kappa shape index (κ2) is 6.74. The third-order valence-electron chi connectivity index (χ3n) is 3.55. The van der Waals surface area contributed by atoms with Crippen LogP contribution in [0.1, 0.15) is 11.1 Å². The lowest BCUT2D eigenvalue weighted by Crippen LogP contribution is -2.19. The minimum atomic E-state index is -0.491. The number of para-hydroxylation sites is 2. The summed E-state index contributed by atoms with van der Waals surface area (Å²) in [6, 6.07) is 13.9. The Balaban J connectivity index is 1.67. The number of carbonyl (C=O) groups excluding carboxylic acids is 1. The standard InChI is InChI=1S/C17H14N4O3/c22-17(9-13-10-18-15-7-3-2-6-14(13)15)20-19-11-12-5-1-4-8-16(12)21(23)24/h1-8,10-11,18H,9H2,(H,20,22)/b19-11+. The Morgan fingerprint density at radius 2 is 1.96 bits per heavy atom. The molecule has 7 heteroatoms. The topological polar surface area (TPSA) is 100 Å². The molecule has 0 bridgehead atoms. The fraction of sp³-hybridized carbons (Fsp3) is 0.0588. The van der Waals surface area contributed by atoms with Crippen LogP contribution in [0.5, 0.6) is 0 Å². The molecule has 0 radical (unpaired) electrons. The molecule has 2 N–H and O–H groups in total. The normalized spacial score (nSPS) is 11.0. The van der Waals surface area contributed by atoms with Gasteiger partial charge in [0.1, 0.15) is 0 Å². The summed E-state index contributed by atoms with van der Waals surface area (Å²) in [6.45, 7) is 0. The van der Waals surface area contributed by atoms with Crippen LogP contribution in [0.2, 0.25) is 0 Å². The van der Waals surface area contributed by atoms with Crippen LogP contribution in [0.15, 0.2) is 59.8 Å². The number of hydrogen-bond donors (Lipinski definition) is 2. The van der Waals surface area contributed by atoms with Gasteiger partial charge in [-0.15, -0.1) is 0 Å². The summed E-state index contributed by atoms with van der Waals surface area (Å²) < 4.78 is 0. The molecule has 0 fully saturated rings. The van der Waals surface area contributed by atoms with E-state index in [2.05, 4.69) is 15.5 Å². The number of rotatable bonds is 5. The second-order valence-electron chi connectivity index (χ2n) is 5.15. The molecule has 0 saturated heterocycles. The molecule has 3 rings (SSSR count). The number of hydrazone groups is 1. The molecule has 2 aromatic carbocycles. The summed E-state index contributed by atoms with van der Waals surface area (Å²) in [7, 11) is 0. The number of aromatic amines is 1. The van der Waals surface area contributed by atoms with Crippen LogP contribution in [0, 0.1) is 10.1 Å². The zero-order valence-electron chi connectivity index (χ0n) is 12.6. The van der Waals surface area contributed by atoms with E-state index in [-0.39, 0.29) is 18.0 Å². The molecular weight excluding hydrogens is 308 g/mol. The number of nitro benzene ring substituents is 1. The van der Waals surface area contributed by atoms with Gasteiger partial charge in [-0.1, -0.05) is 30.3 Å². The lowest BCUT2D eigenvalue weighted by Gasteiger charge is -2.00. The van der Waals surface area contributed by atoms with Gasteiger partial charge in [-0.3, -0.25) is 14.9 Å². The third kappa shape index (κ3) is 3.30. The number of carbonyl (C=O) groups is 1. The number of benzene rings is 2. The van der Waals surface area contributed by atoms with Crippen molar-refractivity contribution in [3.05, 3.63) is 76.0 Å². The van der Waals surface area contributed by atoms with Gasteiger partial charge >= 0.3 is 0 Å². The van der Waals surface area contributed by atoms with Gasteiger partial charge in [-0.2, -0.15) is 5.10 Å². The van der Waals surface area contributed by atoms with E-state index in [4.69, 9.17) is 0 Å². The fourth-order valence-electron chi connectivity index (χ4n) is 2.43. The highest BCUT2D eigenvalue weighted by molar-refractivity contribution is 5.90. The summed E-state index contributed by atoms with van der Waals surface area (Å²) >= 11 is 0. The zero-order chi connectivity index (χ0) is 16.9. The van der Waals surface area contributed by atoms with Crippen molar-refractivity contribution >= 4 is 28.7 Å². The molecule has 0 aliphatic rings. The van der Waals surface area contributed by atoms with Crippen molar-refractivity contribution in [2.45, 2.75) is 6.42 Å². The van der Waals surface area contributed by atoms with Crippen LogP contribution in [0.25, 0.3) is 10.9 Å². The van der Waals surface area contributed by atoms with E-state index in [1.165, 1.54) is 12.3 Å². The minimum Gasteiger partial charge on any atom is -0.361 e. The highest BCUT2D eigenvalue weighted by Gasteiger charge is 2.11. The molecule has 1 aromatic heterocycles. The first-order chi connectivity index (χ1) is 11.6. The summed E-state index contributed by atoms with van der Waals surface area (Å²) in [5.74, 6) is -0.297. The summed E-state index contributed by atoms with van der Waals surface area (Å²) in [6.07, 6.45) is 3.22. The molecule has 0 unspecified atom stereocenters. The van der Waals surface area contributed by atoms with Gasteiger partial charge in [0.25, 0.3) is 5.69 Å². The SMILES string of the molecule is O=C(Cc1c[nH]c2ccccc12)N/N=C/c1ccccc1[N+](=O)[O-]. The first-order valence-electron chi connectivity index (χ1n) is 7.25. The van der Waals surface area contributed by atoms with Crippen LogP contribution in [0.3, 0.4) is 0 Å². The Kier molecular flexibility index (Phi) is 4.33. The maximum Gasteiger partial charge on any atom is 0.278 e. The van der Waals surface area contributed by atoms with Crippen LogP contribution in [-0.4, -0.2) is 22.0 Å². The highest BCUT2D eigenvalue weighted by atomic mass is 16.6. The molecular formula is C17H14N4O3. The molecule has 0 atom stereocenters. The van der Waals surface area contributed by atoms with E-state index in [9.17, 15) is 14.9 Å². The Labute approximate surface area is 137 Å². The van der Waals surface area contributed by atoms with E-state index in [1.807, 2.05) is 24.3 Å². The molecule has 0 spiro atoms. The number of aromatic nitrogens is 1. The molecule has 24 heavy (non-hydrogen) atoms. The number of nitro groups is 1. The van der Waals surface area contributed by atoms with Crippen molar-refractivity contribution in [2.75, 3.05) is 0 Å². The van der Waals surface area contributed by atoms with Gasteiger partial charge < -0.3 is 4.98 Å². The van der Waals surface area contributed by atoms with Gasteiger partial charge in [0, 0.05) is 23.2 Å². The smallest absolute Gasteiger partial charge is 0.278 e. The van der Waals surface area contributed by atoms with Crippen molar-refractivity contribution in [2.24, 2.45) is 5.10 Å². The number of hydrogen-bond acceptors (Lipinski definition) is 4. The lowest BCUT2D eigenvalue weighted by atomic mass is 10.1. The lowest BCUT2D eigenvalue weighted by molar-refractivity contribution is -0.385. The van der Waals surface area contributed by atoms with Crippen LogP contribution in [-0.2, 0) is 11.2 Å². The third-order valence-corrected chi connectivity index (χ3v) is 3.55. The van der Waals surface area contributed by atoms with Crippen molar-refractivity contribution in [1.29, 1.82) is 0 Å². The maximum absolute atomic E-state index is 12.0. The van der Waals surface area contributed by atoms with Crippen LogP contribution in [0.4, 0.5) is 5.69 Å². The van der Waals surface area contributed by atoms with Crippen molar-refractivity contribution in [3.63, 3.8) is 0 Å². The van der Waals surface area contributed by atoms with Crippen LogP contribution >= 0.6 is 0 Å². The van der Waals surface area contributed by atoms with E-state index in [0.29, 0.717) is 5.56 Å². The highest BCUT2D eigenvalue weighted by Crippen LogP contribution is 2.18. The monoisotopic (exact) mass is 322 g/mol. The molecule has 3 aromatic rings. The summed E-state index contributed by atoms with van der Waals surface area (Å²) in [4.78, 5) is 25.5. The van der Waals surface area contributed by atoms with Gasteiger partial charge in [0.05, 0.1) is 23.1 Å². The van der Waals surface area contributed by atoms with E-state index in [1.54, 1.807) is 24.4 Å². The molecule has 1 amide bonds. The molecule has 7 nitrogen and oxygen atoms in total. The predicted molar refractivity (Wildman–Crippen MR) is 90.8 cm³/mol. The molecule has 120 valence electrons. The first kappa shape index (κ1) is 15.4. The number of fused-ring (bicyclic) bond motifs is 1. The van der Waals surface area contributed by atoms with Crippen LogP contribution < -0.4 is 5.43 Å². The average molecular weight is 322 g/mol. The number of nitrogens with zero attached hydrogens (tertiary/aromatic N) is 2. The second-order valence-corrected chi connectivity index (χ2v) is 5.15. The Morgan fingerprint density at radius 1 is 1.21 bits per heavy atom. The van der Waals surface area contributed by atoms with Gasteiger partial charge in [0.15, 0.2) is 0 Å². The number of amides is 1. The van der Waals surface area contributed by atoms with Gasteiger partial charge in [-0.05, 0) is 17.7 Å². The van der Waals surface area contributed by atoms with E-state index < -0.39 is 4.92 Å². The van der Waals surface area contributed by atoms with Crippen molar-refractivity contribution in [1.82, 2.24) is 10.4 Å². The Hall–Kier alpha value is -3.48. The molecule has 1 heterocycles. The molecule has 0 saturated carbocycles. The Morgan fingerprint density at radius 3 is 2.79 bits per heavy atom. The van der Waals surface area contributed by atoms with Gasteiger partial charge in [-0.25, -0.2) is 5.43 Å². The van der Waals surface area contributed by atoms with E-state index >= 15 is 0 Å².